The van der Waals surface area contributed by atoms with Crippen LogP contribution in [0.15, 0.2) is 42.5 Å². The molecule has 3 N–H and O–H groups in total. The molecular formula is C29H29N5O5. The molecule has 3 heterocycles. The van der Waals surface area contributed by atoms with Gasteiger partial charge >= 0.3 is 0 Å². The summed E-state index contributed by atoms with van der Waals surface area (Å²) in [5, 5.41) is 6.36. The molecule has 1 aromatic heterocycles. The van der Waals surface area contributed by atoms with Gasteiger partial charge in [-0.1, -0.05) is 32.0 Å². The van der Waals surface area contributed by atoms with Crippen molar-refractivity contribution < 1.29 is 23.9 Å². The van der Waals surface area contributed by atoms with Crippen molar-refractivity contribution in [1.82, 2.24) is 15.2 Å². The SMILES string of the molecule is [C-]#[N+]c1cc(OC)c2cc(C(=O)N[C@@H](CC(C)C)C(=O)N3C[C@]4(C[C@H]3C=O)C(=O)Nc3ccccc34)[nH]c2c1. The summed E-state index contributed by atoms with van der Waals surface area (Å²) in [4.78, 5) is 60.4. The highest BCUT2D eigenvalue weighted by atomic mass is 16.5. The summed E-state index contributed by atoms with van der Waals surface area (Å²) >= 11 is 0. The van der Waals surface area contributed by atoms with E-state index in [1.807, 2.05) is 32.0 Å². The van der Waals surface area contributed by atoms with Crippen LogP contribution in [-0.2, 0) is 19.8 Å². The lowest BCUT2D eigenvalue weighted by Gasteiger charge is -2.28. The quantitative estimate of drug-likeness (QED) is 0.320. The maximum atomic E-state index is 13.9. The van der Waals surface area contributed by atoms with E-state index in [4.69, 9.17) is 11.3 Å². The molecule has 10 nitrogen and oxygen atoms in total. The summed E-state index contributed by atoms with van der Waals surface area (Å²) in [6, 6.07) is 10.4. The number of likely N-dealkylation sites (tertiary alicyclic amines) is 1. The maximum absolute atomic E-state index is 13.9. The molecule has 0 unspecified atom stereocenters. The van der Waals surface area contributed by atoms with Gasteiger partial charge in [-0.15, -0.1) is 0 Å². The first-order valence-corrected chi connectivity index (χ1v) is 12.8. The Morgan fingerprint density at radius 1 is 1.28 bits per heavy atom. The fraction of sp³-hybridized carbons (Fsp3) is 0.345. The number of aromatic amines is 1. The molecular weight excluding hydrogens is 498 g/mol. The van der Waals surface area contributed by atoms with Crippen LogP contribution in [0.25, 0.3) is 15.7 Å². The zero-order chi connectivity index (χ0) is 27.9. The highest BCUT2D eigenvalue weighted by Crippen LogP contribution is 2.46. The minimum Gasteiger partial charge on any atom is -0.497 e. The van der Waals surface area contributed by atoms with Crippen LogP contribution in [0.1, 0.15) is 42.7 Å². The molecule has 2 aliphatic heterocycles. The average molecular weight is 528 g/mol. The van der Waals surface area contributed by atoms with Gasteiger partial charge in [0.2, 0.25) is 11.8 Å². The average Bonchev–Trinajstić information content (AvgIpc) is 3.61. The Hall–Kier alpha value is -4.65. The number of aromatic nitrogens is 1. The second-order valence-electron chi connectivity index (χ2n) is 10.5. The van der Waals surface area contributed by atoms with Crippen LogP contribution < -0.4 is 15.4 Å². The summed E-state index contributed by atoms with van der Waals surface area (Å²) in [6.07, 6.45) is 1.22. The summed E-state index contributed by atoms with van der Waals surface area (Å²) in [7, 11) is 1.49. The number of fused-ring (bicyclic) bond motifs is 3. The van der Waals surface area contributed by atoms with Crippen LogP contribution in [0.5, 0.6) is 5.75 Å². The van der Waals surface area contributed by atoms with Gasteiger partial charge in [-0.2, -0.15) is 0 Å². The maximum Gasteiger partial charge on any atom is 0.268 e. The molecule has 2 aromatic carbocycles. The second kappa shape index (κ2) is 9.91. The van der Waals surface area contributed by atoms with E-state index in [1.54, 1.807) is 24.3 Å². The van der Waals surface area contributed by atoms with E-state index >= 15 is 0 Å². The van der Waals surface area contributed by atoms with Crippen LogP contribution in [0.3, 0.4) is 0 Å². The van der Waals surface area contributed by atoms with Crippen LogP contribution in [0.4, 0.5) is 11.4 Å². The van der Waals surface area contributed by atoms with Gasteiger partial charge in [0.1, 0.15) is 23.8 Å². The predicted molar refractivity (Wildman–Crippen MR) is 145 cm³/mol. The molecule has 0 radical (unpaired) electrons. The number of carbonyl (C=O) groups excluding carboxylic acids is 4. The Morgan fingerprint density at radius 2 is 2.05 bits per heavy atom. The zero-order valence-electron chi connectivity index (χ0n) is 21.9. The number of hydrogen-bond acceptors (Lipinski definition) is 5. The number of benzene rings is 2. The topological polar surface area (TPSA) is 125 Å². The largest absolute Gasteiger partial charge is 0.497 e. The molecule has 5 rings (SSSR count). The molecule has 3 atom stereocenters. The normalized spacial score (nSPS) is 20.5. The Labute approximate surface area is 225 Å². The van der Waals surface area contributed by atoms with Crippen LogP contribution in [-0.4, -0.2) is 59.6 Å². The number of nitrogens with zero attached hydrogens (tertiary/aromatic N) is 2. The number of ether oxygens (including phenoxy) is 1. The zero-order valence-corrected chi connectivity index (χ0v) is 21.9. The molecule has 2 aliphatic rings. The van der Waals surface area contributed by atoms with Crippen molar-refractivity contribution >= 4 is 46.3 Å². The molecule has 10 heteroatoms. The van der Waals surface area contributed by atoms with Gasteiger partial charge in [0, 0.05) is 23.1 Å². The number of amides is 3. The molecule has 1 spiro atoms. The number of aldehydes is 1. The van der Waals surface area contributed by atoms with E-state index in [0.717, 1.165) is 5.56 Å². The van der Waals surface area contributed by atoms with E-state index in [-0.39, 0.29) is 30.5 Å². The summed E-state index contributed by atoms with van der Waals surface area (Å²) in [5.74, 6) is -0.634. The van der Waals surface area contributed by atoms with Crippen molar-refractivity contribution in [2.75, 3.05) is 19.0 Å². The van der Waals surface area contributed by atoms with Crippen molar-refractivity contribution in [1.29, 1.82) is 0 Å². The van der Waals surface area contributed by atoms with Crippen molar-refractivity contribution in [2.45, 2.75) is 44.2 Å². The minimum absolute atomic E-state index is 0.0472. The Bertz CT molecular complexity index is 1540. The van der Waals surface area contributed by atoms with E-state index in [2.05, 4.69) is 20.5 Å². The van der Waals surface area contributed by atoms with Crippen molar-refractivity contribution in [2.24, 2.45) is 5.92 Å². The lowest BCUT2D eigenvalue weighted by molar-refractivity contribution is -0.137. The summed E-state index contributed by atoms with van der Waals surface area (Å²) in [5.41, 5.74) is 1.57. The van der Waals surface area contributed by atoms with Crippen molar-refractivity contribution in [3.8, 4) is 5.75 Å². The summed E-state index contributed by atoms with van der Waals surface area (Å²) in [6.45, 7) is 11.2. The lowest BCUT2D eigenvalue weighted by atomic mass is 9.80. The number of carbonyl (C=O) groups is 4. The van der Waals surface area contributed by atoms with Crippen LogP contribution in [0.2, 0.25) is 0 Å². The minimum atomic E-state index is -1.02. The molecule has 39 heavy (non-hydrogen) atoms. The van der Waals surface area contributed by atoms with Gasteiger partial charge in [-0.25, -0.2) is 4.85 Å². The third-order valence-corrected chi connectivity index (χ3v) is 7.55. The number of rotatable bonds is 7. The first-order valence-electron chi connectivity index (χ1n) is 12.8. The van der Waals surface area contributed by atoms with E-state index in [1.165, 1.54) is 12.0 Å². The molecule has 0 saturated carbocycles. The molecule has 200 valence electrons. The van der Waals surface area contributed by atoms with Crippen LogP contribution in [0, 0.1) is 12.5 Å². The number of nitrogens with one attached hydrogen (secondary N) is 3. The molecule has 0 aliphatic carbocycles. The Morgan fingerprint density at radius 3 is 2.74 bits per heavy atom. The highest BCUT2D eigenvalue weighted by molar-refractivity contribution is 6.08. The van der Waals surface area contributed by atoms with Gasteiger partial charge in [-0.05, 0) is 48.6 Å². The van der Waals surface area contributed by atoms with Gasteiger partial charge in [0.25, 0.3) is 5.91 Å². The van der Waals surface area contributed by atoms with E-state index in [9.17, 15) is 19.2 Å². The number of hydrogen-bond donors (Lipinski definition) is 3. The first kappa shape index (κ1) is 26.0. The monoisotopic (exact) mass is 527 g/mol. The fourth-order valence-corrected chi connectivity index (χ4v) is 5.71. The summed E-state index contributed by atoms with van der Waals surface area (Å²) < 4.78 is 5.38. The molecule has 0 bridgehead atoms. The van der Waals surface area contributed by atoms with E-state index in [0.29, 0.717) is 40.7 Å². The predicted octanol–water partition coefficient (Wildman–Crippen LogP) is 3.56. The van der Waals surface area contributed by atoms with Crippen LogP contribution >= 0.6 is 0 Å². The second-order valence-corrected chi connectivity index (χ2v) is 10.5. The Balaban J connectivity index is 1.43. The number of methoxy groups -OCH3 is 1. The number of anilines is 1. The van der Waals surface area contributed by atoms with Crippen molar-refractivity contribution in [3.63, 3.8) is 0 Å². The molecule has 3 amide bonds. The van der Waals surface area contributed by atoms with Gasteiger partial charge in [0.05, 0.1) is 25.1 Å². The number of H-pyrrole nitrogens is 1. The molecule has 1 saturated heterocycles. The lowest BCUT2D eigenvalue weighted by Crippen LogP contribution is -2.51. The third kappa shape index (κ3) is 4.40. The van der Waals surface area contributed by atoms with Gasteiger partial charge < -0.3 is 30.0 Å². The first-order chi connectivity index (χ1) is 18.7. The third-order valence-electron chi connectivity index (χ3n) is 7.55. The Kier molecular flexibility index (Phi) is 6.60. The van der Waals surface area contributed by atoms with Crippen molar-refractivity contribution in [3.05, 3.63) is 65.1 Å². The highest BCUT2D eigenvalue weighted by Gasteiger charge is 2.56. The van der Waals surface area contributed by atoms with E-state index < -0.39 is 29.3 Å². The standard InChI is InChI=1S/C29H29N5O5/c1-16(2)9-24(32-26(36)23-12-19-22(31-23)10-17(30-3)11-25(19)39-4)27(37)34-15-29(13-18(34)14-35)20-7-5-6-8-21(20)33-28(29)38/h5-8,10-12,14,16,18,24,31H,9,13,15H2,1-2,4H3,(H,32,36)(H,33,38)/t18-,24-,29-/m0/s1. The van der Waals surface area contributed by atoms with Gasteiger partial charge in [0.15, 0.2) is 5.69 Å². The fourth-order valence-electron chi connectivity index (χ4n) is 5.71. The molecule has 1 fully saturated rings. The van der Waals surface area contributed by atoms with Gasteiger partial charge in [-0.3, -0.25) is 14.4 Å². The molecule has 3 aromatic rings. The number of para-hydroxylation sites is 1. The smallest absolute Gasteiger partial charge is 0.268 e.